The van der Waals surface area contributed by atoms with E-state index >= 15 is 0 Å². The zero-order valence-corrected chi connectivity index (χ0v) is 17.5. The zero-order valence-electron chi connectivity index (χ0n) is 15.2. The van der Waals surface area contributed by atoms with Crippen LogP contribution in [0.15, 0.2) is 46.9 Å². The van der Waals surface area contributed by atoms with Gasteiger partial charge in [-0.1, -0.05) is 18.5 Å². The summed E-state index contributed by atoms with van der Waals surface area (Å²) in [4.78, 5) is 35.5. The van der Waals surface area contributed by atoms with Gasteiger partial charge in [0.2, 0.25) is 5.91 Å². The Morgan fingerprint density at radius 2 is 1.79 bits per heavy atom. The summed E-state index contributed by atoms with van der Waals surface area (Å²) in [6.07, 6.45) is 1.19. The van der Waals surface area contributed by atoms with Crippen molar-refractivity contribution in [3.8, 4) is 5.75 Å². The molecule has 0 aliphatic carbocycles. The molecule has 2 rings (SSSR count). The summed E-state index contributed by atoms with van der Waals surface area (Å²) in [7, 11) is 0. The van der Waals surface area contributed by atoms with Crippen LogP contribution in [-0.4, -0.2) is 30.9 Å². The van der Waals surface area contributed by atoms with Crippen LogP contribution in [0.1, 0.15) is 30.1 Å². The maximum Gasteiger partial charge on any atom is 0.344 e. The van der Waals surface area contributed by atoms with Crippen LogP contribution in [0, 0.1) is 0 Å². The van der Waals surface area contributed by atoms with Crippen molar-refractivity contribution in [2.75, 3.05) is 18.5 Å². The summed E-state index contributed by atoms with van der Waals surface area (Å²) in [5, 5.41) is 3.27. The first-order valence-electron chi connectivity index (χ1n) is 8.55. The topological polar surface area (TPSA) is 81.7 Å². The van der Waals surface area contributed by atoms with Crippen LogP contribution in [0.4, 0.5) is 5.69 Å². The van der Waals surface area contributed by atoms with Crippen molar-refractivity contribution in [3.63, 3.8) is 0 Å². The van der Waals surface area contributed by atoms with E-state index in [-0.39, 0.29) is 18.3 Å². The van der Waals surface area contributed by atoms with Crippen LogP contribution < -0.4 is 10.1 Å². The second-order valence-corrected chi connectivity index (χ2v) is 7.11. The minimum atomic E-state index is -0.668. The number of rotatable bonds is 9. The summed E-state index contributed by atoms with van der Waals surface area (Å²) in [5.74, 6) is -0.665. The van der Waals surface area contributed by atoms with Crippen molar-refractivity contribution >= 4 is 50.9 Å². The molecule has 0 fully saturated rings. The molecule has 0 saturated heterocycles. The van der Waals surface area contributed by atoms with Crippen LogP contribution in [0.5, 0.6) is 5.75 Å². The fraction of sp³-hybridized carbons (Fsp3) is 0.250. The lowest BCUT2D eigenvalue weighted by atomic mass is 10.1. The molecule has 0 bridgehead atoms. The largest absolute Gasteiger partial charge is 0.481 e. The van der Waals surface area contributed by atoms with E-state index < -0.39 is 12.6 Å². The van der Waals surface area contributed by atoms with Gasteiger partial charge in [-0.05, 0) is 64.8 Å². The summed E-state index contributed by atoms with van der Waals surface area (Å²) in [6.45, 7) is 1.18. The minimum absolute atomic E-state index is 0.0807. The van der Waals surface area contributed by atoms with Gasteiger partial charge in [0, 0.05) is 22.7 Å². The molecule has 0 atom stereocenters. The summed E-state index contributed by atoms with van der Waals surface area (Å²) in [5.41, 5.74) is 0.983. The van der Waals surface area contributed by atoms with E-state index in [0.29, 0.717) is 32.9 Å². The van der Waals surface area contributed by atoms with E-state index in [0.717, 1.165) is 6.42 Å². The molecule has 1 N–H and O–H groups in total. The lowest BCUT2D eigenvalue weighted by Gasteiger charge is -2.09. The molecule has 2 aromatic carbocycles. The van der Waals surface area contributed by atoms with Gasteiger partial charge in [0.1, 0.15) is 5.75 Å². The van der Waals surface area contributed by atoms with Crippen molar-refractivity contribution in [1.82, 2.24) is 0 Å². The molecule has 6 nitrogen and oxygen atoms in total. The number of ketones is 1. The van der Waals surface area contributed by atoms with Crippen molar-refractivity contribution < 1.29 is 23.9 Å². The van der Waals surface area contributed by atoms with Gasteiger partial charge in [0.05, 0.1) is 4.47 Å². The van der Waals surface area contributed by atoms with E-state index in [9.17, 15) is 14.4 Å². The molecule has 148 valence electrons. The third-order valence-electron chi connectivity index (χ3n) is 3.57. The Bertz CT molecular complexity index is 854. The number of nitrogens with one attached hydrogen (secondary N) is 1. The Morgan fingerprint density at radius 1 is 1.07 bits per heavy atom. The average molecular weight is 469 g/mol. The number of anilines is 1. The fourth-order valence-electron chi connectivity index (χ4n) is 2.19. The molecule has 28 heavy (non-hydrogen) atoms. The third-order valence-corrected chi connectivity index (χ3v) is 4.43. The Morgan fingerprint density at radius 3 is 2.43 bits per heavy atom. The summed E-state index contributed by atoms with van der Waals surface area (Å²) < 4.78 is 10.9. The number of benzene rings is 2. The number of ether oxygens (including phenoxy) is 2. The van der Waals surface area contributed by atoms with Crippen LogP contribution >= 0.6 is 27.5 Å². The van der Waals surface area contributed by atoms with Crippen LogP contribution in [0.2, 0.25) is 5.02 Å². The maximum absolute atomic E-state index is 12.1. The van der Waals surface area contributed by atoms with Gasteiger partial charge in [-0.15, -0.1) is 0 Å². The Hall–Kier alpha value is -2.38. The van der Waals surface area contributed by atoms with E-state index in [2.05, 4.69) is 21.2 Å². The molecule has 0 spiro atoms. The predicted molar refractivity (Wildman–Crippen MR) is 110 cm³/mol. The molecule has 0 unspecified atom stereocenters. The van der Waals surface area contributed by atoms with E-state index in [1.165, 1.54) is 0 Å². The number of carbonyl (C=O) groups excluding carboxylic acids is 3. The number of halogens is 2. The van der Waals surface area contributed by atoms with Crippen LogP contribution in [-0.2, 0) is 14.3 Å². The molecular formula is C20H19BrClNO5. The first-order chi connectivity index (χ1) is 13.4. The highest BCUT2D eigenvalue weighted by atomic mass is 79.9. The zero-order chi connectivity index (χ0) is 20.5. The fourth-order valence-corrected chi connectivity index (χ4v) is 2.99. The highest BCUT2D eigenvalue weighted by Gasteiger charge is 2.12. The molecule has 0 heterocycles. The van der Waals surface area contributed by atoms with Gasteiger partial charge >= 0.3 is 5.97 Å². The molecule has 0 aliphatic heterocycles. The first-order valence-corrected chi connectivity index (χ1v) is 9.72. The molecule has 0 saturated carbocycles. The monoisotopic (exact) mass is 467 g/mol. The van der Waals surface area contributed by atoms with E-state index in [4.69, 9.17) is 21.1 Å². The normalized spacial score (nSPS) is 10.2. The van der Waals surface area contributed by atoms with E-state index in [1.807, 2.05) is 6.92 Å². The van der Waals surface area contributed by atoms with Crippen LogP contribution in [0.25, 0.3) is 0 Å². The molecule has 1 amide bonds. The van der Waals surface area contributed by atoms with Gasteiger partial charge in [-0.25, -0.2) is 4.79 Å². The molecule has 0 aromatic heterocycles. The number of hydrogen-bond donors (Lipinski definition) is 1. The standard InChI is InChI=1S/C20H19BrClNO5/c1-2-3-19(25)23-15-7-4-13(5-8-15)17(24)11-28-20(26)12-27-18-9-6-14(22)10-16(18)21/h4-10H,2-3,11-12H2,1H3,(H,23,25). The van der Waals surface area contributed by atoms with Gasteiger partial charge in [0.25, 0.3) is 0 Å². The lowest BCUT2D eigenvalue weighted by Crippen LogP contribution is -2.19. The predicted octanol–water partition coefficient (Wildman–Crippen LogP) is 4.65. The first kappa shape index (κ1) is 21.9. The molecule has 0 aliphatic rings. The SMILES string of the molecule is CCCC(=O)Nc1ccc(C(=O)COC(=O)COc2ccc(Cl)cc2Br)cc1. The molecule has 2 aromatic rings. The van der Waals surface area contributed by atoms with Gasteiger partial charge in [0.15, 0.2) is 19.0 Å². The van der Waals surface area contributed by atoms with Gasteiger partial charge < -0.3 is 14.8 Å². The highest BCUT2D eigenvalue weighted by molar-refractivity contribution is 9.10. The lowest BCUT2D eigenvalue weighted by molar-refractivity contribution is -0.144. The molecule has 8 heteroatoms. The van der Waals surface area contributed by atoms with Crippen molar-refractivity contribution in [2.45, 2.75) is 19.8 Å². The number of Topliss-reactive ketones (excluding diaryl/α,β-unsaturated/α-hetero) is 1. The second-order valence-electron chi connectivity index (χ2n) is 5.82. The van der Waals surface area contributed by atoms with Crippen molar-refractivity contribution in [3.05, 3.63) is 57.5 Å². The minimum Gasteiger partial charge on any atom is -0.481 e. The smallest absolute Gasteiger partial charge is 0.344 e. The number of esters is 1. The third kappa shape index (κ3) is 6.98. The van der Waals surface area contributed by atoms with E-state index in [1.54, 1.807) is 42.5 Å². The summed E-state index contributed by atoms with van der Waals surface area (Å²) in [6, 6.07) is 11.3. The number of amides is 1. The number of carbonyl (C=O) groups is 3. The maximum atomic E-state index is 12.1. The molecular weight excluding hydrogens is 450 g/mol. The highest BCUT2D eigenvalue weighted by Crippen LogP contribution is 2.27. The average Bonchev–Trinajstić information content (AvgIpc) is 2.66. The van der Waals surface area contributed by atoms with Gasteiger partial charge in [-0.3, -0.25) is 9.59 Å². The van der Waals surface area contributed by atoms with Crippen molar-refractivity contribution in [1.29, 1.82) is 0 Å². The Kier molecular flexibility index (Phi) is 8.47. The quantitative estimate of drug-likeness (QED) is 0.428. The number of hydrogen-bond acceptors (Lipinski definition) is 5. The van der Waals surface area contributed by atoms with Crippen LogP contribution in [0.3, 0.4) is 0 Å². The van der Waals surface area contributed by atoms with Gasteiger partial charge in [-0.2, -0.15) is 0 Å². The van der Waals surface area contributed by atoms with Crippen molar-refractivity contribution in [2.24, 2.45) is 0 Å². The Labute approximate surface area is 176 Å². The summed E-state index contributed by atoms with van der Waals surface area (Å²) >= 11 is 9.11. The Balaban J connectivity index is 1.79. The molecule has 0 radical (unpaired) electrons. The second kappa shape index (κ2) is 10.8.